The van der Waals surface area contributed by atoms with Crippen LogP contribution in [-0.2, 0) is 0 Å². The van der Waals surface area contributed by atoms with E-state index in [-0.39, 0.29) is 11.3 Å². The van der Waals surface area contributed by atoms with E-state index in [2.05, 4.69) is 26.1 Å². The molecule has 1 aromatic rings. The molecule has 0 atom stereocenters. The Hall–Kier alpha value is -1.31. The molecule has 82 valence electrons. The van der Waals surface area contributed by atoms with Crippen LogP contribution < -0.4 is 5.32 Å². The highest BCUT2D eigenvalue weighted by Crippen LogP contribution is 2.15. The fourth-order valence-electron chi connectivity index (χ4n) is 1.38. The van der Waals surface area contributed by atoms with Gasteiger partial charge in [0.25, 0.3) is 0 Å². The molecule has 2 heteroatoms. The normalized spacial score (nSPS) is 11.2. The van der Waals surface area contributed by atoms with Gasteiger partial charge >= 0.3 is 0 Å². The second-order valence-corrected chi connectivity index (χ2v) is 4.73. The van der Waals surface area contributed by atoms with Crippen molar-refractivity contribution in [3.8, 4) is 0 Å². The quantitative estimate of drug-likeness (QED) is 0.765. The third kappa shape index (κ3) is 3.74. The zero-order chi connectivity index (χ0) is 11.5. The predicted octanol–water partition coefficient (Wildman–Crippen LogP) is 3.49. The Morgan fingerprint density at radius 1 is 1.20 bits per heavy atom. The SMILES string of the molecule is CCC(=O)c1ccc(NC(C)(C)C)cc1. The zero-order valence-corrected chi connectivity index (χ0v) is 9.92. The molecule has 1 N–H and O–H groups in total. The highest BCUT2D eigenvalue weighted by Gasteiger charge is 2.09. The maximum atomic E-state index is 11.4. The second kappa shape index (κ2) is 4.47. The number of carbonyl (C=O) groups excluding carboxylic acids is 1. The van der Waals surface area contributed by atoms with Crippen molar-refractivity contribution in [2.75, 3.05) is 5.32 Å². The van der Waals surface area contributed by atoms with Crippen LogP contribution in [0.5, 0.6) is 0 Å². The number of rotatable bonds is 3. The number of carbonyl (C=O) groups is 1. The van der Waals surface area contributed by atoms with E-state index in [1.54, 1.807) is 0 Å². The van der Waals surface area contributed by atoms with Gasteiger partial charge in [0.15, 0.2) is 5.78 Å². The van der Waals surface area contributed by atoms with Gasteiger partial charge in [-0.3, -0.25) is 4.79 Å². The van der Waals surface area contributed by atoms with Crippen LogP contribution in [0.1, 0.15) is 44.5 Å². The van der Waals surface area contributed by atoms with Crippen LogP contribution in [0.3, 0.4) is 0 Å². The number of anilines is 1. The topological polar surface area (TPSA) is 29.1 Å². The summed E-state index contributed by atoms with van der Waals surface area (Å²) in [6.45, 7) is 8.21. The molecule has 15 heavy (non-hydrogen) atoms. The van der Waals surface area contributed by atoms with E-state index in [1.165, 1.54) is 0 Å². The zero-order valence-electron chi connectivity index (χ0n) is 9.92. The van der Waals surface area contributed by atoms with Crippen LogP contribution in [0.15, 0.2) is 24.3 Å². The minimum absolute atomic E-state index is 0.0519. The maximum absolute atomic E-state index is 11.4. The van der Waals surface area contributed by atoms with Crippen molar-refractivity contribution in [1.29, 1.82) is 0 Å². The minimum atomic E-state index is 0.0519. The molecule has 0 saturated heterocycles. The van der Waals surface area contributed by atoms with Gasteiger partial charge in [-0.1, -0.05) is 6.92 Å². The van der Waals surface area contributed by atoms with E-state index in [0.717, 1.165) is 11.3 Å². The molecule has 0 heterocycles. The van der Waals surface area contributed by atoms with E-state index in [4.69, 9.17) is 0 Å². The molecule has 0 aliphatic heterocycles. The first kappa shape index (κ1) is 11.8. The van der Waals surface area contributed by atoms with Gasteiger partial charge in [-0.05, 0) is 45.0 Å². The van der Waals surface area contributed by atoms with Crippen molar-refractivity contribution in [2.45, 2.75) is 39.7 Å². The maximum Gasteiger partial charge on any atom is 0.162 e. The van der Waals surface area contributed by atoms with E-state index < -0.39 is 0 Å². The minimum Gasteiger partial charge on any atom is -0.380 e. The molecule has 0 spiro atoms. The number of hydrogen-bond donors (Lipinski definition) is 1. The molecule has 0 aromatic heterocycles. The second-order valence-electron chi connectivity index (χ2n) is 4.73. The summed E-state index contributed by atoms with van der Waals surface area (Å²) in [5.74, 6) is 0.192. The average molecular weight is 205 g/mol. The number of hydrogen-bond acceptors (Lipinski definition) is 2. The Bertz CT molecular complexity index is 333. The lowest BCUT2D eigenvalue weighted by molar-refractivity contribution is 0.0988. The molecule has 0 fully saturated rings. The van der Waals surface area contributed by atoms with Gasteiger partial charge in [-0.2, -0.15) is 0 Å². The lowest BCUT2D eigenvalue weighted by Gasteiger charge is -2.22. The molecule has 0 bridgehead atoms. The summed E-state index contributed by atoms with van der Waals surface area (Å²) >= 11 is 0. The van der Waals surface area contributed by atoms with E-state index in [9.17, 15) is 4.79 Å². The van der Waals surface area contributed by atoms with E-state index in [1.807, 2.05) is 31.2 Å². The molecule has 1 rings (SSSR count). The Morgan fingerprint density at radius 2 is 1.73 bits per heavy atom. The molecule has 0 radical (unpaired) electrons. The molecule has 0 unspecified atom stereocenters. The van der Waals surface area contributed by atoms with Crippen molar-refractivity contribution in [1.82, 2.24) is 0 Å². The van der Waals surface area contributed by atoms with Crippen molar-refractivity contribution >= 4 is 11.5 Å². The van der Waals surface area contributed by atoms with E-state index in [0.29, 0.717) is 6.42 Å². The fourth-order valence-corrected chi connectivity index (χ4v) is 1.38. The lowest BCUT2D eigenvalue weighted by Crippen LogP contribution is -2.25. The van der Waals surface area contributed by atoms with Crippen LogP contribution in [0, 0.1) is 0 Å². The first-order valence-corrected chi connectivity index (χ1v) is 5.34. The number of Topliss-reactive ketones (excluding diaryl/α,β-unsaturated/α-hetero) is 1. The summed E-state index contributed by atoms with van der Waals surface area (Å²) in [4.78, 5) is 11.4. The summed E-state index contributed by atoms with van der Waals surface area (Å²) in [6, 6.07) is 7.65. The number of nitrogens with one attached hydrogen (secondary N) is 1. The molecule has 1 aromatic carbocycles. The average Bonchev–Trinajstić information content (AvgIpc) is 2.15. The molecular weight excluding hydrogens is 186 g/mol. The lowest BCUT2D eigenvalue weighted by atomic mass is 10.1. The van der Waals surface area contributed by atoms with Crippen LogP contribution in [0.4, 0.5) is 5.69 Å². The highest BCUT2D eigenvalue weighted by atomic mass is 16.1. The molecule has 0 saturated carbocycles. The monoisotopic (exact) mass is 205 g/mol. The highest BCUT2D eigenvalue weighted by molar-refractivity contribution is 5.96. The van der Waals surface area contributed by atoms with Crippen molar-refractivity contribution in [3.05, 3.63) is 29.8 Å². The van der Waals surface area contributed by atoms with Gasteiger partial charge in [0.1, 0.15) is 0 Å². The molecule has 0 amide bonds. The molecular formula is C13H19NO. The van der Waals surface area contributed by atoms with Crippen molar-refractivity contribution in [2.24, 2.45) is 0 Å². The third-order valence-corrected chi connectivity index (χ3v) is 2.05. The number of benzene rings is 1. The van der Waals surface area contributed by atoms with Crippen molar-refractivity contribution < 1.29 is 4.79 Å². The first-order valence-electron chi connectivity index (χ1n) is 5.34. The van der Waals surface area contributed by atoms with Gasteiger partial charge in [0.2, 0.25) is 0 Å². The molecule has 2 nitrogen and oxygen atoms in total. The van der Waals surface area contributed by atoms with E-state index >= 15 is 0 Å². The van der Waals surface area contributed by atoms with Crippen LogP contribution >= 0.6 is 0 Å². The standard InChI is InChI=1S/C13H19NO/c1-5-12(15)10-6-8-11(9-7-10)14-13(2,3)4/h6-9,14H,5H2,1-4H3. The van der Waals surface area contributed by atoms with Crippen LogP contribution in [0.25, 0.3) is 0 Å². The first-order chi connectivity index (χ1) is 6.92. The Balaban J connectivity index is 2.77. The van der Waals surface area contributed by atoms with Gasteiger partial charge in [0.05, 0.1) is 0 Å². The van der Waals surface area contributed by atoms with Gasteiger partial charge in [-0.25, -0.2) is 0 Å². The number of ketones is 1. The summed E-state index contributed by atoms with van der Waals surface area (Å²) in [7, 11) is 0. The third-order valence-electron chi connectivity index (χ3n) is 2.05. The summed E-state index contributed by atoms with van der Waals surface area (Å²) in [6.07, 6.45) is 0.562. The Labute approximate surface area is 91.7 Å². The molecule has 0 aliphatic rings. The fraction of sp³-hybridized carbons (Fsp3) is 0.462. The summed E-state index contributed by atoms with van der Waals surface area (Å²) in [5, 5.41) is 3.35. The molecule has 0 aliphatic carbocycles. The van der Waals surface area contributed by atoms with Gasteiger partial charge in [0, 0.05) is 23.2 Å². The van der Waals surface area contributed by atoms with Crippen LogP contribution in [-0.4, -0.2) is 11.3 Å². The van der Waals surface area contributed by atoms with Gasteiger partial charge in [-0.15, -0.1) is 0 Å². The largest absolute Gasteiger partial charge is 0.380 e. The Kier molecular flexibility index (Phi) is 3.51. The summed E-state index contributed by atoms with van der Waals surface area (Å²) < 4.78 is 0. The Morgan fingerprint density at radius 3 is 2.13 bits per heavy atom. The van der Waals surface area contributed by atoms with Crippen molar-refractivity contribution in [3.63, 3.8) is 0 Å². The van der Waals surface area contributed by atoms with Gasteiger partial charge < -0.3 is 5.32 Å². The predicted molar refractivity (Wildman–Crippen MR) is 64.4 cm³/mol. The summed E-state index contributed by atoms with van der Waals surface area (Å²) in [5.41, 5.74) is 1.89. The van der Waals surface area contributed by atoms with Crippen LogP contribution in [0.2, 0.25) is 0 Å². The smallest absolute Gasteiger partial charge is 0.162 e.